The van der Waals surface area contributed by atoms with Gasteiger partial charge in [0.05, 0.1) is 6.42 Å². The molecule has 1 atom stereocenters. The maximum absolute atomic E-state index is 13.1. The molecule has 6 nitrogen and oxygen atoms in total. The van der Waals surface area contributed by atoms with Crippen molar-refractivity contribution in [3.63, 3.8) is 0 Å². The van der Waals surface area contributed by atoms with E-state index >= 15 is 0 Å². The van der Waals surface area contributed by atoms with Crippen LogP contribution in [-0.4, -0.2) is 24.0 Å². The highest BCUT2D eigenvalue weighted by Gasteiger charge is 2.40. The number of nitrogens with one attached hydrogen (secondary N) is 2. The topological polar surface area (TPSA) is 84.5 Å². The predicted molar refractivity (Wildman–Crippen MR) is 110 cm³/mol. The van der Waals surface area contributed by atoms with E-state index in [1.54, 1.807) is 0 Å². The fourth-order valence-electron chi connectivity index (χ4n) is 3.75. The lowest BCUT2D eigenvalue weighted by atomic mass is 9.77. The highest BCUT2D eigenvalue weighted by atomic mass is 16.6. The number of alkyl carbamates (subject to hydrolysis) is 1. The summed E-state index contributed by atoms with van der Waals surface area (Å²) in [5.74, 6) is -1.14. The maximum Gasteiger partial charge on any atom is 0.415 e. The Bertz CT molecular complexity index is 956. The Morgan fingerprint density at radius 2 is 1.23 bits per heavy atom. The zero-order chi connectivity index (χ0) is 21.0. The van der Waals surface area contributed by atoms with Crippen molar-refractivity contribution in [3.8, 4) is 0 Å². The van der Waals surface area contributed by atoms with E-state index in [9.17, 15) is 14.4 Å². The molecule has 1 saturated heterocycles. The van der Waals surface area contributed by atoms with Crippen molar-refractivity contribution in [2.45, 2.75) is 18.0 Å². The monoisotopic (exact) mass is 400 g/mol. The van der Waals surface area contributed by atoms with Gasteiger partial charge in [-0.1, -0.05) is 91.0 Å². The molecule has 1 aliphatic heterocycles. The maximum atomic E-state index is 13.1. The molecule has 0 aliphatic carbocycles. The van der Waals surface area contributed by atoms with Gasteiger partial charge in [-0.25, -0.2) is 9.59 Å². The lowest BCUT2D eigenvalue weighted by molar-refractivity contribution is -0.137. The van der Waals surface area contributed by atoms with E-state index in [4.69, 9.17) is 0 Å². The van der Waals surface area contributed by atoms with E-state index in [0.717, 1.165) is 16.7 Å². The molecule has 3 aromatic carbocycles. The van der Waals surface area contributed by atoms with Gasteiger partial charge in [0.1, 0.15) is 11.6 Å². The van der Waals surface area contributed by atoms with E-state index in [1.807, 2.05) is 91.0 Å². The molecule has 30 heavy (non-hydrogen) atoms. The summed E-state index contributed by atoms with van der Waals surface area (Å²) < 4.78 is 4.49. The first-order chi connectivity index (χ1) is 14.6. The van der Waals surface area contributed by atoms with Gasteiger partial charge in [-0.2, -0.15) is 0 Å². The molecule has 1 heterocycles. The minimum atomic E-state index is -1.00. The summed E-state index contributed by atoms with van der Waals surface area (Å²) in [4.78, 5) is 36.2. The van der Waals surface area contributed by atoms with Crippen molar-refractivity contribution >= 4 is 18.0 Å². The number of cyclic esters (lactones) is 2. The van der Waals surface area contributed by atoms with Gasteiger partial charge in [0.25, 0.3) is 0 Å². The largest absolute Gasteiger partial charge is 0.415 e. The fourth-order valence-corrected chi connectivity index (χ4v) is 3.75. The smallest absolute Gasteiger partial charge is 0.375 e. The number of carbonyl (C=O) groups is 3. The zero-order valence-corrected chi connectivity index (χ0v) is 16.1. The second kappa shape index (κ2) is 8.21. The van der Waals surface area contributed by atoms with Crippen LogP contribution in [0.3, 0.4) is 0 Å². The molecule has 2 N–H and O–H groups in total. The molecule has 3 aromatic rings. The van der Waals surface area contributed by atoms with E-state index in [1.165, 1.54) is 0 Å². The quantitative estimate of drug-likeness (QED) is 0.378. The van der Waals surface area contributed by atoms with Crippen LogP contribution in [0.15, 0.2) is 91.0 Å². The third kappa shape index (κ3) is 3.67. The Kier molecular flexibility index (Phi) is 5.30. The Labute approximate surface area is 173 Å². The lowest BCUT2D eigenvalue weighted by Gasteiger charge is -2.37. The first kappa shape index (κ1) is 19.4. The van der Waals surface area contributed by atoms with Crippen molar-refractivity contribution in [1.29, 1.82) is 0 Å². The summed E-state index contributed by atoms with van der Waals surface area (Å²) in [6.45, 7) is 0. The highest BCUT2D eigenvalue weighted by Crippen LogP contribution is 2.36. The summed E-state index contributed by atoms with van der Waals surface area (Å²) >= 11 is 0. The molecular formula is C24H20N2O4. The summed E-state index contributed by atoms with van der Waals surface area (Å²) in [6.07, 6.45) is -1.06. The van der Waals surface area contributed by atoms with Crippen LogP contribution in [-0.2, 0) is 19.9 Å². The number of amides is 2. The molecule has 0 unspecified atom stereocenters. The first-order valence-electron chi connectivity index (χ1n) is 9.59. The molecule has 0 spiro atoms. The highest BCUT2D eigenvalue weighted by molar-refractivity contribution is 5.98. The second-order valence-electron chi connectivity index (χ2n) is 7.01. The Balaban J connectivity index is 1.80. The standard InChI is InChI=1S/C24H20N2O4/c27-21(16-20-22(28)30-23(29)25-20)26-24(17-10-4-1-5-11-17,18-12-6-2-7-13-18)19-14-8-3-9-15-19/h1-15,20H,16H2,(H,25,29)(H,26,27)/t20-/m0/s1. The molecular weight excluding hydrogens is 380 g/mol. The molecule has 0 radical (unpaired) electrons. The lowest BCUT2D eigenvalue weighted by Crippen LogP contribution is -2.49. The van der Waals surface area contributed by atoms with Crippen molar-refractivity contribution in [2.75, 3.05) is 0 Å². The SMILES string of the molecule is O=C(C[C@@H]1NC(=O)OC1=O)NC(c1ccccc1)(c1ccccc1)c1ccccc1. The van der Waals surface area contributed by atoms with Gasteiger partial charge in [0, 0.05) is 0 Å². The van der Waals surface area contributed by atoms with Crippen LogP contribution in [0.5, 0.6) is 0 Å². The fraction of sp³-hybridized carbons (Fsp3) is 0.125. The van der Waals surface area contributed by atoms with Crippen molar-refractivity contribution in [2.24, 2.45) is 0 Å². The van der Waals surface area contributed by atoms with Gasteiger partial charge in [-0.3, -0.25) is 4.79 Å². The van der Waals surface area contributed by atoms with Crippen LogP contribution in [0.2, 0.25) is 0 Å². The van der Waals surface area contributed by atoms with Crippen LogP contribution >= 0.6 is 0 Å². The normalized spacial score (nSPS) is 15.9. The number of benzene rings is 3. The van der Waals surface area contributed by atoms with E-state index < -0.39 is 29.6 Å². The van der Waals surface area contributed by atoms with Gasteiger partial charge in [-0.05, 0) is 16.7 Å². The summed E-state index contributed by atoms with van der Waals surface area (Å²) in [6, 6.07) is 27.9. The van der Waals surface area contributed by atoms with Crippen molar-refractivity contribution in [3.05, 3.63) is 108 Å². The molecule has 0 bridgehead atoms. The average Bonchev–Trinajstić information content (AvgIpc) is 3.10. The second-order valence-corrected chi connectivity index (χ2v) is 7.01. The molecule has 150 valence electrons. The van der Waals surface area contributed by atoms with Gasteiger partial charge in [-0.15, -0.1) is 0 Å². The number of carbonyl (C=O) groups excluding carboxylic acids is 3. The summed E-state index contributed by atoms with van der Waals surface area (Å²) in [5, 5.41) is 5.51. The molecule has 0 aromatic heterocycles. The van der Waals surface area contributed by atoms with Gasteiger partial charge in [0.15, 0.2) is 0 Å². The van der Waals surface area contributed by atoms with Crippen molar-refractivity contribution < 1.29 is 19.1 Å². The van der Waals surface area contributed by atoms with Crippen molar-refractivity contribution in [1.82, 2.24) is 10.6 Å². The van der Waals surface area contributed by atoms with Gasteiger partial charge in [0.2, 0.25) is 5.91 Å². The van der Waals surface area contributed by atoms with Gasteiger partial charge < -0.3 is 15.4 Å². The van der Waals surface area contributed by atoms with E-state index in [-0.39, 0.29) is 6.42 Å². The average molecular weight is 400 g/mol. The third-order valence-electron chi connectivity index (χ3n) is 5.11. The zero-order valence-electron chi connectivity index (χ0n) is 16.1. The molecule has 6 heteroatoms. The first-order valence-corrected chi connectivity index (χ1v) is 9.59. The van der Waals surface area contributed by atoms with E-state index in [2.05, 4.69) is 15.4 Å². The minimum absolute atomic E-state index is 0.223. The Morgan fingerprint density at radius 1 is 0.800 bits per heavy atom. The third-order valence-corrected chi connectivity index (χ3v) is 5.11. The van der Waals surface area contributed by atoms with Gasteiger partial charge >= 0.3 is 12.1 Å². The Morgan fingerprint density at radius 3 is 1.60 bits per heavy atom. The molecule has 4 rings (SSSR count). The molecule has 0 saturated carbocycles. The number of esters is 1. The number of ether oxygens (including phenoxy) is 1. The van der Waals surface area contributed by atoms with Crippen LogP contribution < -0.4 is 10.6 Å². The Hall–Kier alpha value is -3.93. The molecule has 2 amide bonds. The number of hydrogen-bond donors (Lipinski definition) is 2. The molecule has 1 aliphatic rings. The number of rotatable bonds is 6. The molecule has 1 fully saturated rings. The van der Waals surface area contributed by atoms with Crippen LogP contribution in [0.4, 0.5) is 4.79 Å². The van der Waals surface area contributed by atoms with E-state index in [0.29, 0.717) is 0 Å². The minimum Gasteiger partial charge on any atom is -0.375 e. The van der Waals surface area contributed by atoms with Crippen LogP contribution in [0.1, 0.15) is 23.1 Å². The summed E-state index contributed by atoms with van der Waals surface area (Å²) in [5.41, 5.74) is 1.63. The van der Waals surface area contributed by atoms with Crippen LogP contribution in [0.25, 0.3) is 0 Å². The predicted octanol–water partition coefficient (Wildman–Crippen LogP) is 3.12. The summed E-state index contributed by atoms with van der Waals surface area (Å²) in [7, 11) is 0. The van der Waals surface area contributed by atoms with Crippen LogP contribution in [0, 0.1) is 0 Å². The number of hydrogen-bond acceptors (Lipinski definition) is 4.